The van der Waals surface area contributed by atoms with Crippen molar-refractivity contribution < 1.29 is 14.6 Å². The van der Waals surface area contributed by atoms with Crippen LogP contribution in [0.3, 0.4) is 0 Å². The van der Waals surface area contributed by atoms with E-state index in [1.54, 1.807) is 6.07 Å². The third kappa shape index (κ3) is 2.35. The molecule has 1 amide bonds. The fourth-order valence-corrected chi connectivity index (χ4v) is 1.80. The number of aliphatic hydroxyl groups is 1. The number of morpholine rings is 1. The minimum atomic E-state index is -1.34. The van der Waals surface area contributed by atoms with Gasteiger partial charge in [0.15, 0.2) is 0 Å². The summed E-state index contributed by atoms with van der Waals surface area (Å²) in [4.78, 5) is 13.1. The maximum atomic E-state index is 11.5. The van der Waals surface area contributed by atoms with Crippen LogP contribution >= 0.6 is 11.6 Å². The monoisotopic (exact) mass is 241 g/mol. The summed E-state index contributed by atoms with van der Waals surface area (Å²) in [6.45, 7) is 1.22. The van der Waals surface area contributed by atoms with E-state index in [4.69, 9.17) is 16.3 Å². The highest BCUT2D eigenvalue weighted by molar-refractivity contribution is 6.31. The fraction of sp³-hybridized carbons (Fsp3) is 0.364. The van der Waals surface area contributed by atoms with Crippen LogP contribution in [0.5, 0.6) is 0 Å². The number of carbonyl (C=O) groups is 1. The van der Waals surface area contributed by atoms with Gasteiger partial charge in [-0.05, 0) is 11.6 Å². The Morgan fingerprint density at radius 1 is 1.50 bits per heavy atom. The number of nitrogens with zero attached hydrogens (tertiary/aromatic N) is 1. The zero-order valence-corrected chi connectivity index (χ0v) is 9.35. The number of hydrogen-bond donors (Lipinski definition) is 1. The van der Waals surface area contributed by atoms with Gasteiger partial charge in [0.25, 0.3) is 5.91 Å². The van der Waals surface area contributed by atoms with E-state index in [2.05, 4.69) is 0 Å². The maximum Gasteiger partial charge on any atom is 0.279 e. The zero-order valence-electron chi connectivity index (χ0n) is 8.60. The maximum absolute atomic E-state index is 11.5. The van der Waals surface area contributed by atoms with E-state index in [1.807, 2.05) is 18.2 Å². The van der Waals surface area contributed by atoms with Crippen LogP contribution < -0.4 is 0 Å². The first-order valence-corrected chi connectivity index (χ1v) is 5.38. The first-order valence-electron chi connectivity index (χ1n) is 5.00. The summed E-state index contributed by atoms with van der Waals surface area (Å²) in [6, 6.07) is 7.33. The molecule has 0 bridgehead atoms. The second kappa shape index (κ2) is 4.82. The lowest BCUT2D eigenvalue weighted by Crippen LogP contribution is -2.47. The molecule has 1 unspecified atom stereocenters. The van der Waals surface area contributed by atoms with Crippen molar-refractivity contribution in [3.05, 3.63) is 34.9 Å². The highest BCUT2D eigenvalue weighted by Crippen LogP contribution is 2.18. The van der Waals surface area contributed by atoms with Gasteiger partial charge >= 0.3 is 0 Å². The fourth-order valence-electron chi connectivity index (χ4n) is 1.60. The molecule has 1 atom stereocenters. The summed E-state index contributed by atoms with van der Waals surface area (Å²) in [5, 5.41) is 9.87. The lowest BCUT2D eigenvalue weighted by molar-refractivity contribution is -0.184. The molecule has 0 aromatic heterocycles. The number of hydrogen-bond acceptors (Lipinski definition) is 3. The largest absolute Gasteiger partial charge is 0.361 e. The average Bonchev–Trinajstić information content (AvgIpc) is 2.28. The van der Waals surface area contributed by atoms with Gasteiger partial charge in [0, 0.05) is 18.1 Å². The van der Waals surface area contributed by atoms with Crippen LogP contribution in [0.4, 0.5) is 0 Å². The Kier molecular flexibility index (Phi) is 3.43. The van der Waals surface area contributed by atoms with E-state index in [0.29, 0.717) is 24.7 Å². The van der Waals surface area contributed by atoms with Crippen molar-refractivity contribution >= 4 is 17.5 Å². The summed E-state index contributed by atoms with van der Waals surface area (Å²) >= 11 is 6.00. The third-order valence-corrected chi connectivity index (χ3v) is 2.85. The quantitative estimate of drug-likeness (QED) is 0.841. The van der Waals surface area contributed by atoms with Crippen LogP contribution in [-0.2, 0) is 16.1 Å². The molecule has 1 aliphatic heterocycles. The van der Waals surface area contributed by atoms with Gasteiger partial charge < -0.3 is 14.7 Å². The molecule has 1 aromatic carbocycles. The Balaban J connectivity index is 2.10. The molecular weight excluding hydrogens is 230 g/mol. The normalized spacial score (nSPS) is 21.2. The predicted molar refractivity (Wildman–Crippen MR) is 58.8 cm³/mol. The Morgan fingerprint density at radius 3 is 3.00 bits per heavy atom. The Morgan fingerprint density at radius 2 is 2.25 bits per heavy atom. The third-order valence-electron chi connectivity index (χ3n) is 2.48. The molecule has 5 heteroatoms. The van der Waals surface area contributed by atoms with Crippen molar-refractivity contribution in [2.75, 3.05) is 13.2 Å². The standard InChI is InChI=1S/C11H12ClNO3/c12-9-4-2-1-3-8(9)7-13-5-6-16-11(15)10(13)14/h1-4,11,15H,5-7H2. The first-order chi connectivity index (χ1) is 7.68. The molecular formula is C11H12ClNO3. The molecule has 1 N–H and O–H groups in total. The van der Waals surface area contributed by atoms with Crippen LogP contribution in [0.15, 0.2) is 24.3 Å². The van der Waals surface area contributed by atoms with Crippen molar-refractivity contribution in [2.45, 2.75) is 12.8 Å². The summed E-state index contributed by atoms with van der Waals surface area (Å²) in [7, 11) is 0. The SMILES string of the molecule is O=C1C(O)OCCN1Cc1ccccc1Cl. The van der Waals surface area contributed by atoms with E-state index in [-0.39, 0.29) is 0 Å². The predicted octanol–water partition coefficient (Wildman–Crippen LogP) is 1.02. The van der Waals surface area contributed by atoms with E-state index < -0.39 is 12.2 Å². The molecule has 1 aromatic rings. The molecule has 2 rings (SSSR count). The van der Waals surface area contributed by atoms with E-state index in [0.717, 1.165) is 5.56 Å². The molecule has 1 heterocycles. The Bertz CT molecular complexity index is 397. The summed E-state index contributed by atoms with van der Waals surface area (Å²) in [5.41, 5.74) is 0.867. The smallest absolute Gasteiger partial charge is 0.279 e. The number of benzene rings is 1. The van der Waals surface area contributed by atoms with Crippen LogP contribution in [0.25, 0.3) is 0 Å². The summed E-state index contributed by atoms with van der Waals surface area (Å²) in [6.07, 6.45) is -1.34. The molecule has 16 heavy (non-hydrogen) atoms. The second-order valence-corrected chi connectivity index (χ2v) is 3.98. The van der Waals surface area contributed by atoms with E-state index in [9.17, 15) is 9.90 Å². The molecule has 0 radical (unpaired) electrons. The van der Waals surface area contributed by atoms with Gasteiger partial charge in [0.2, 0.25) is 6.29 Å². The van der Waals surface area contributed by atoms with Gasteiger partial charge in [-0.3, -0.25) is 4.79 Å². The molecule has 1 aliphatic rings. The zero-order chi connectivity index (χ0) is 11.5. The van der Waals surface area contributed by atoms with Crippen molar-refractivity contribution in [1.82, 2.24) is 4.90 Å². The van der Waals surface area contributed by atoms with Gasteiger partial charge in [-0.25, -0.2) is 0 Å². The van der Waals surface area contributed by atoms with Crippen LogP contribution in [0.1, 0.15) is 5.56 Å². The van der Waals surface area contributed by atoms with Gasteiger partial charge in [-0.1, -0.05) is 29.8 Å². The van der Waals surface area contributed by atoms with Crippen molar-refractivity contribution in [3.8, 4) is 0 Å². The molecule has 86 valence electrons. The number of aliphatic hydroxyl groups excluding tert-OH is 1. The van der Waals surface area contributed by atoms with Crippen molar-refractivity contribution in [1.29, 1.82) is 0 Å². The molecule has 0 aliphatic carbocycles. The van der Waals surface area contributed by atoms with E-state index >= 15 is 0 Å². The lowest BCUT2D eigenvalue weighted by Gasteiger charge is -2.30. The minimum Gasteiger partial charge on any atom is -0.361 e. The topological polar surface area (TPSA) is 49.8 Å². The summed E-state index contributed by atoms with van der Waals surface area (Å²) < 4.78 is 4.82. The second-order valence-electron chi connectivity index (χ2n) is 3.57. The number of rotatable bonds is 2. The highest BCUT2D eigenvalue weighted by Gasteiger charge is 2.27. The molecule has 0 spiro atoms. The molecule has 1 saturated heterocycles. The van der Waals surface area contributed by atoms with Gasteiger partial charge in [-0.15, -0.1) is 0 Å². The number of amides is 1. The van der Waals surface area contributed by atoms with Crippen LogP contribution in [-0.4, -0.2) is 35.4 Å². The molecule has 1 fully saturated rings. The minimum absolute atomic E-state index is 0.345. The Labute approximate surface area is 98.4 Å². The van der Waals surface area contributed by atoms with E-state index in [1.165, 1.54) is 4.90 Å². The first kappa shape index (κ1) is 11.4. The number of halogens is 1. The number of carbonyl (C=O) groups excluding carboxylic acids is 1. The van der Waals surface area contributed by atoms with Crippen LogP contribution in [0.2, 0.25) is 5.02 Å². The lowest BCUT2D eigenvalue weighted by atomic mass is 10.2. The van der Waals surface area contributed by atoms with Gasteiger partial charge in [0.1, 0.15) is 0 Å². The van der Waals surface area contributed by atoms with Gasteiger partial charge in [0.05, 0.1) is 6.61 Å². The van der Waals surface area contributed by atoms with Gasteiger partial charge in [-0.2, -0.15) is 0 Å². The molecule has 4 nitrogen and oxygen atoms in total. The van der Waals surface area contributed by atoms with Crippen molar-refractivity contribution in [3.63, 3.8) is 0 Å². The number of ether oxygens (including phenoxy) is 1. The molecule has 0 saturated carbocycles. The average molecular weight is 242 g/mol. The summed E-state index contributed by atoms with van der Waals surface area (Å²) in [5.74, 6) is -0.411. The highest BCUT2D eigenvalue weighted by atomic mass is 35.5. The van der Waals surface area contributed by atoms with Crippen molar-refractivity contribution in [2.24, 2.45) is 0 Å². The van der Waals surface area contributed by atoms with Crippen LogP contribution in [0, 0.1) is 0 Å². The Hall–Kier alpha value is -1.10.